The van der Waals surface area contributed by atoms with E-state index in [0.717, 1.165) is 31.6 Å². The van der Waals surface area contributed by atoms with Crippen LogP contribution >= 0.6 is 0 Å². The second-order valence-electron chi connectivity index (χ2n) is 5.70. The molecule has 0 aliphatic heterocycles. The van der Waals surface area contributed by atoms with Crippen LogP contribution in [0.5, 0.6) is 0 Å². The molecule has 0 unspecified atom stereocenters. The Morgan fingerprint density at radius 3 is 2.45 bits per heavy atom. The molecular formula is C18H21N3O. The molecule has 1 aliphatic carbocycles. The molecule has 0 saturated heterocycles. The van der Waals surface area contributed by atoms with Crippen LogP contribution in [0.4, 0.5) is 5.82 Å². The highest BCUT2D eigenvalue weighted by Crippen LogP contribution is 2.19. The van der Waals surface area contributed by atoms with Crippen molar-refractivity contribution < 1.29 is 4.79 Å². The Labute approximate surface area is 131 Å². The average molecular weight is 295 g/mol. The number of nitrogens with zero attached hydrogens (tertiary/aromatic N) is 1. The molecule has 0 spiro atoms. The minimum Gasteiger partial charge on any atom is -0.366 e. The van der Waals surface area contributed by atoms with Gasteiger partial charge in [0.15, 0.2) is 0 Å². The van der Waals surface area contributed by atoms with Gasteiger partial charge in [0.25, 0.3) is 5.91 Å². The van der Waals surface area contributed by atoms with Crippen molar-refractivity contribution in [3.63, 3.8) is 0 Å². The zero-order chi connectivity index (χ0) is 15.4. The van der Waals surface area contributed by atoms with Crippen LogP contribution in [0, 0.1) is 0 Å². The molecule has 0 bridgehead atoms. The number of pyridine rings is 1. The normalized spacial score (nSPS) is 13.7. The predicted molar refractivity (Wildman–Crippen MR) is 87.9 cm³/mol. The van der Waals surface area contributed by atoms with E-state index in [-0.39, 0.29) is 5.91 Å². The fraction of sp³-hybridized carbons (Fsp3) is 0.333. The van der Waals surface area contributed by atoms with E-state index in [4.69, 9.17) is 0 Å². The number of hydrogen-bond acceptors (Lipinski definition) is 3. The number of aromatic nitrogens is 1. The van der Waals surface area contributed by atoms with Gasteiger partial charge in [-0.3, -0.25) is 4.79 Å². The number of amides is 1. The molecule has 3 rings (SSSR count). The zero-order valence-electron chi connectivity index (χ0n) is 12.8. The Balaban J connectivity index is 1.54. The minimum absolute atomic E-state index is 0.0308. The quantitative estimate of drug-likeness (QED) is 0.861. The Bertz CT molecular complexity index is 630. The molecule has 1 saturated carbocycles. The van der Waals surface area contributed by atoms with Crippen LogP contribution in [0.25, 0.3) is 0 Å². The number of hydrogen-bond donors (Lipinski definition) is 2. The molecule has 4 nitrogen and oxygen atoms in total. The van der Waals surface area contributed by atoms with Crippen LogP contribution in [0.15, 0.2) is 42.6 Å². The van der Waals surface area contributed by atoms with Crippen molar-refractivity contribution in [2.75, 3.05) is 5.32 Å². The summed E-state index contributed by atoms with van der Waals surface area (Å²) >= 11 is 0. The van der Waals surface area contributed by atoms with Gasteiger partial charge in [0.2, 0.25) is 0 Å². The number of anilines is 1. The summed E-state index contributed by atoms with van der Waals surface area (Å²) in [5.74, 6) is 0.749. The number of aryl methyl sites for hydroxylation is 1. The molecule has 1 amide bonds. The molecule has 1 aromatic carbocycles. The number of rotatable bonds is 6. The Morgan fingerprint density at radius 1 is 1.14 bits per heavy atom. The fourth-order valence-corrected chi connectivity index (χ4v) is 2.21. The van der Waals surface area contributed by atoms with Gasteiger partial charge >= 0.3 is 0 Å². The lowest BCUT2D eigenvalue weighted by molar-refractivity contribution is 0.0951. The van der Waals surface area contributed by atoms with E-state index in [9.17, 15) is 4.79 Å². The van der Waals surface area contributed by atoms with E-state index in [2.05, 4.69) is 46.8 Å². The second kappa shape index (κ2) is 6.60. The molecule has 1 heterocycles. The highest BCUT2D eigenvalue weighted by Gasteiger charge is 2.23. The van der Waals surface area contributed by atoms with Gasteiger partial charge in [-0.25, -0.2) is 4.98 Å². The van der Waals surface area contributed by atoms with Crippen LogP contribution < -0.4 is 10.6 Å². The van der Waals surface area contributed by atoms with Gasteiger partial charge < -0.3 is 10.6 Å². The predicted octanol–water partition coefficient (Wildman–Crippen LogP) is 3.15. The molecule has 22 heavy (non-hydrogen) atoms. The van der Waals surface area contributed by atoms with Gasteiger partial charge in [-0.05, 0) is 42.5 Å². The van der Waals surface area contributed by atoms with Crippen molar-refractivity contribution in [2.45, 2.75) is 38.8 Å². The maximum absolute atomic E-state index is 11.9. The number of carbonyl (C=O) groups is 1. The summed E-state index contributed by atoms with van der Waals surface area (Å²) in [4.78, 5) is 16.2. The van der Waals surface area contributed by atoms with Gasteiger partial charge in [0.1, 0.15) is 5.82 Å². The van der Waals surface area contributed by atoms with Crippen molar-refractivity contribution in [2.24, 2.45) is 0 Å². The topological polar surface area (TPSA) is 54.0 Å². The number of benzene rings is 1. The zero-order valence-corrected chi connectivity index (χ0v) is 12.8. The number of carbonyl (C=O) groups excluding carboxylic acids is 1. The van der Waals surface area contributed by atoms with Crippen molar-refractivity contribution >= 4 is 11.7 Å². The Morgan fingerprint density at radius 2 is 1.86 bits per heavy atom. The van der Waals surface area contributed by atoms with Crippen molar-refractivity contribution in [3.05, 3.63) is 59.3 Å². The first-order valence-corrected chi connectivity index (χ1v) is 7.83. The van der Waals surface area contributed by atoms with Crippen LogP contribution in [-0.2, 0) is 13.0 Å². The van der Waals surface area contributed by atoms with E-state index in [0.29, 0.717) is 11.6 Å². The molecule has 1 aromatic heterocycles. The summed E-state index contributed by atoms with van der Waals surface area (Å²) in [5.41, 5.74) is 3.17. The summed E-state index contributed by atoms with van der Waals surface area (Å²) in [7, 11) is 0. The summed E-state index contributed by atoms with van der Waals surface area (Å²) in [5, 5.41) is 6.23. The third kappa shape index (κ3) is 3.85. The highest BCUT2D eigenvalue weighted by molar-refractivity contribution is 5.94. The molecule has 1 fully saturated rings. The van der Waals surface area contributed by atoms with Gasteiger partial charge in [-0.2, -0.15) is 0 Å². The fourth-order valence-electron chi connectivity index (χ4n) is 2.21. The third-order valence-corrected chi connectivity index (χ3v) is 3.84. The summed E-state index contributed by atoms with van der Waals surface area (Å²) in [6, 6.07) is 12.6. The highest BCUT2D eigenvalue weighted by atomic mass is 16.1. The molecule has 4 heteroatoms. The largest absolute Gasteiger partial charge is 0.366 e. The second-order valence-corrected chi connectivity index (χ2v) is 5.70. The summed E-state index contributed by atoms with van der Waals surface area (Å²) in [6.45, 7) is 2.88. The van der Waals surface area contributed by atoms with Gasteiger partial charge in [0, 0.05) is 18.8 Å². The minimum atomic E-state index is -0.0308. The lowest BCUT2D eigenvalue weighted by Gasteiger charge is -2.08. The van der Waals surface area contributed by atoms with E-state index < -0.39 is 0 Å². The molecule has 2 N–H and O–H groups in total. The Kier molecular flexibility index (Phi) is 4.37. The smallest absolute Gasteiger partial charge is 0.253 e. The maximum atomic E-state index is 11.9. The maximum Gasteiger partial charge on any atom is 0.253 e. The molecule has 2 aromatic rings. The van der Waals surface area contributed by atoms with Crippen molar-refractivity contribution in [3.8, 4) is 0 Å². The Hall–Kier alpha value is -2.36. The first-order chi connectivity index (χ1) is 10.7. The van der Waals surface area contributed by atoms with Crippen molar-refractivity contribution in [1.29, 1.82) is 0 Å². The SMILES string of the molecule is CCc1ccc(CNc2ccc(C(=O)NC3CC3)cn2)cc1. The summed E-state index contributed by atoms with van der Waals surface area (Å²) in [6.07, 6.45) is 4.87. The first-order valence-electron chi connectivity index (χ1n) is 7.83. The van der Waals surface area contributed by atoms with Crippen LogP contribution in [0.2, 0.25) is 0 Å². The van der Waals surface area contributed by atoms with Crippen LogP contribution in [0.3, 0.4) is 0 Å². The van der Waals surface area contributed by atoms with Gasteiger partial charge in [-0.1, -0.05) is 31.2 Å². The number of nitrogens with one attached hydrogen (secondary N) is 2. The monoisotopic (exact) mass is 295 g/mol. The molecular weight excluding hydrogens is 274 g/mol. The third-order valence-electron chi connectivity index (χ3n) is 3.84. The molecule has 0 radical (unpaired) electrons. The van der Waals surface area contributed by atoms with E-state index in [1.807, 2.05) is 12.1 Å². The van der Waals surface area contributed by atoms with Crippen LogP contribution in [-0.4, -0.2) is 16.9 Å². The molecule has 1 aliphatic rings. The van der Waals surface area contributed by atoms with E-state index in [1.54, 1.807) is 6.20 Å². The van der Waals surface area contributed by atoms with Gasteiger partial charge in [0.05, 0.1) is 5.56 Å². The van der Waals surface area contributed by atoms with E-state index in [1.165, 1.54) is 11.1 Å². The standard InChI is InChI=1S/C18H21N3O/c1-2-13-3-5-14(6-4-13)11-19-17-10-7-15(12-20-17)18(22)21-16-8-9-16/h3-7,10,12,16H,2,8-9,11H2,1H3,(H,19,20)(H,21,22). The average Bonchev–Trinajstić information content (AvgIpc) is 3.38. The first kappa shape index (κ1) is 14.6. The van der Waals surface area contributed by atoms with E-state index >= 15 is 0 Å². The van der Waals surface area contributed by atoms with Crippen LogP contribution in [0.1, 0.15) is 41.3 Å². The lowest BCUT2D eigenvalue weighted by atomic mass is 10.1. The van der Waals surface area contributed by atoms with Crippen molar-refractivity contribution in [1.82, 2.24) is 10.3 Å². The molecule has 0 atom stereocenters. The molecule has 114 valence electrons. The summed E-state index contributed by atoms with van der Waals surface area (Å²) < 4.78 is 0. The van der Waals surface area contributed by atoms with Gasteiger partial charge in [-0.15, -0.1) is 0 Å². The lowest BCUT2D eigenvalue weighted by Crippen LogP contribution is -2.25.